The van der Waals surface area contributed by atoms with Crippen molar-refractivity contribution in [3.05, 3.63) is 88.2 Å². The fraction of sp³-hybridized carbons (Fsp3) is 0.160. The van der Waals surface area contributed by atoms with Gasteiger partial charge in [0.25, 0.3) is 5.91 Å². The minimum atomic E-state index is -1.09. The van der Waals surface area contributed by atoms with Gasteiger partial charge in [-0.3, -0.25) is 4.79 Å². The number of carbonyl (C=O) groups is 2. The number of aromatic nitrogens is 1. The van der Waals surface area contributed by atoms with Gasteiger partial charge in [0.2, 0.25) is 0 Å². The van der Waals surface area contributed by atoms with Gasteiger partial charge in [0.05, 0.1) is 5.56 Å². The number of nitrogens with one attached hydrogen (secondary N) is 1. The summed E-state index contributed by atoms with van der Waals surface area (Å²) >= 11 is 0. The normalized spacial score (nSPS) is 11.1. The molecule has 156 valence electrons. The smallest absolute Gasteiger partial charge is 0.335 e. The SMILES string of the molecule is CCc1ccc(-n2c(C)cc(C=C(C#N)C(=O)Nc3cccc(C(=O)O)c3)c2C)cc1. The lowest BCUT2D eigenvalue weighted by Crippen LogP contribution is -2.14. The Balaban J connectivity index is 1.90. The first-order chi connectivity index (χ1) is 14.8. The van der Waals surface area contributed by atoms with Crippen molar-refractivity contribution in [2.45, 2.75) is 27.2 Å². The van der Waals surface area contributed by atoms with Crippen molar-refractivity contribution in [1.29, 1.82) is 5.26 Å². The number of aromatic carboxylic acids is 1. The minimum Gasteiger partial charge on any atom is -0.478 e. The molecule has 6 heteroatoms. The Kier molecular flexibility index (Phi) is 6.37. The van der Waals surface area contributed by atoms with Gasteiger partial charge in [-0.25, -0.2) is 4.79 Å². The Morgan fingerprint density at radius 1 is 1.13 bits per heavy atom. The van der Waals surface area contributed by atoms with Crippen LogP contribution in [0.4, 0.5) is 5.69 Å². The lowest BCUT2D eigenvalue weighted by atomic mass is 10.1. The van der Waals surface area contributed by atoms with Crippen LogP contribution in [0.5, 0.6) is 0 Å². The summed E-state index contributed by atoms with van der Waals surface area (Å²) in [6.45, 7) is 6.02. The van der Waals surface area contributed by atoms with E-state index in [1.165, 1.54) is 23.8 Å². The largest absolute Gasteiger partial charge is 0.478 e. The molecule has 0 bridgehead atoms. The number of anilines is 1. The maximum atomic E-state index is 12.6. The van der Waals surface area contributed by atoms with Crippen molar-refractivity contribution in [3.63, 3.8) is 0 Å². The molecule has 2 aromatic carbocycles. The molecule has 0 fully saturated rings. The summed E-state index contributed by atoms with van der Waals surface area (Å²) in [6, 6.07) is 18.0. The molecule has 0 aliphatic rings. The van der Waals surface area contributed by atoms with E-state index in [2.05, 4.69) is 41.1 Å². The number of hydrogen-bond acceptors (Lipinski definition) is 3. The van der Waals surface area contributed by atoms with Crippen molar-refractivity contribution < 1.29 is 14.7 Å². The van der Waals surface area contributed by atoms with E-state index in [0.717, 1.165) is 29.1 Å². The highest BCUT2D eigenvalue weighted by Gasteiger charge is 2.15. The van der Waals surface area contributed by atoms with Gasteiger partial charge >= 0.3 is 5.97 Å². The molecule has 3 aromatic rings. The van der Waals surface area contributed by atoms with Crippen LogP contribution in [0.1, 0.15) is 39.8 Å². The molecular weight excluding hydrogens is 390 g/mol. The van der Waals surface area contributed by atoms with Crippen LogP contribution in [0.3, 0.4) is 0 Å². The van der Waals surface area contributed by atoms with Gasteiger partial charge in [0, 0.05) is 22.8 Å². The Morgan fingerprint density at radius 3 is 2.45 bits per heavy atom. The molecule has 0 aliphatic heterocycles. The summed E-state index contributed by atoms with van der Waals surface area (Å²) in [5, 5.41) is 21.2. The van der Waals surface area contributed by atoms with Gasteiger partial charge in [-0.2, -0.15) is 5.26 Å². The van der Waals surface area contributed by atoms with Crippen molar-refractivity contribution >= 4 is 23.6 Å². The number of carboxylic acid groups (broad SMARTS) is 1. The summed E-state index contributed by atoms with van der Waals surface area (Å²) in [5.74, 6) is -1.69. The number of hydrogen-bond donors (Lipinski definition) is 2. The van der Waals surface area contributed by atoms with Crippen LogP contribution >= 0.6 is 0 Å². The van der Waals surface area contributed by atoms with Gasteiger partial charge in [0.15, 0.2) is 0 Å². The lowest BCUT2D eigenvalue weighted by molar-refractivity contribution is -0.112. The van der Waals surface area contributed by atoms with Gasteiger partial charge in [-0.05, 0) is 73.9 Å². The highest BCUT2D eigenvalue weighted by Crippen LogP contribution is 2.23. The molecule has 6 nitrogen and oxygen atoms in total. The molecule has 1 heterocycles. The Labute approximate surface area is 181 Å². The Hall–Kier alpha value is -4.11. The average Bonchev–Trinajstić information content (AvgIpc) is 3.04. The predicted octanol–water partition coefficient (Wildman–Crippen LogP) is 4.90. The second-order valence-electron chi connectivity index (χ2n) is 7.19. The number of nitrogens with zero attached hydrogens (tertiary/aromatic N) is 2. The third-order valence-corrected chi connectivity index (χ3v) is 5.11. The van der Waals surface area contributed by atoms with Crippen LogP contribution < -0.4 is 5.32 Å². The third kappa shape index (κ3) is 4.73. The van der Waals surface area contributed by atoms with Crippen molar-refractivity contribution in [2.24, 2.45) is 0 Å². The first kappa shape index (κ1) is 21.6. The number of nitriles is 1. The zero-order valence-corrected chi connectivity index (χ0v) is 17.6. The molecular formula is C25H23N3O3. The Morgan fingerprint density at radius 2 is 1.84 bits per heavy atom. The number of benzene rings is 2. The van der Waals surface area contributed by atoms with Crippen LogP contribution in [-0.2, 0) is 11.2 Å². The molecule has 0 spiro atoms. The number of amides is 1. The van der Waals surface area contributed by atoms with E-state index in [1.54, 1.807) is 12.1 Å². The van der Waals surface area contributed by atoms with Crippen molar-refractivity contribution in [3.8, 4) is 11.8 Å². The molecule has 2 N–H and O–H groups in total. The molecule has 31 heavy (non-hydrogen) atoms. The average molecular weight is 413 g/mol. The van der Waals surface area contributed by atoms with Crippen molar-refractivity contribution in [1.82, 2.24) is 4.57 Å². The topological polar surface area (TPSA) is 95.1 Å². The molecule has 0 atom stereocenters. The van der Waals surface area contributed by atoms with Gasteiger partial charge in [-0.15, -0.1) is 0 Å². The van der Waals surface area contributed by atoms with E-state index in [4.69, 9.17) is 5.11 Å². The molecule has 0 aliphatic carbocycles. The minimum absolute atomic E-state index is 0.0536. The van der Waals surface area contributed by atoms with Crippen LogP contribution in [0.2, 0.25) is 0 Å². The monoisotopic (exact) mass is 413 g/mol. The van der Waals surface area contributed by atoms with E-state index in [-0.39, 0.29) is 11.1 Å². The zero-order chi connectivity index (χ0) is 22.5. The van der Waals surface area contributed by atoms with E-state index in [1.807, 2.05) is 26.0 Å². The maximum Gasteiger partial charge on any atom is 0.335 e. The quantitative estimate of drug-likeness (QED) is 0.444. The predicted molar refractivity (Wildman–Crippen MR) is 120 cm³/mol. The summed E-state index contributed by atoms with van der Waals surface area (Å²) in [7, 11) is 0. The number of rotatable bonds is 6. The third-order valence-electron chi connectivity index (χ3n) is 5.11. The molecule has 0 radical (unpaired) electrons. The Bertz CT molecular complexity index is 1210. The molecule has 3 rings (SSSR count). The van der Waals surface area contributed by atoms with Gasteiger partial charge in [-0.1, -0.05) is 25.1 Å². The first-order valence-electron chi connectivity index (χ1n) is 9.88. The van der Waals surface area contributed by atoms with E-state index >= 15 is 0 Å². The van der Waals surface area contributed by atoms with Gasteiger partial charge in [0.1, 0.15) is 11.6 Å². The lowest BCUT2D eigenvalue weighted by Gasteiger charge is -2.10. The van der Waals surface area contributed by atoms with Crippen LogP contribution in [0.15, 0.2) is 60.2 Å². The molecule has 0 saturated heterocycles. The molecule has 0 unspecified atom stereocenters. The number of aryl methyl sites for hydroxylation is 2. The molecule has 1 amide bonds. The van der Waals surface area contributed by atoms with E-state index in [0.29, 0.717) is 5.69 Å². The van der Waals surface area contributed by atoms with E-state index in [9.17, 15) is 14.9 Å². The second kappa shape index (κ2) is 9.14. The highest BCUT2D eigenvalue weighted by molar-refractivity contribution is 6.10. The number of carboxylic acids is 1. The second-order valence-corrected chi connectivity index (χ2v) is 7.19. The van der Waals surface area contributed by atoms with Crippen molar-refractivity contribution in [2.75, 3.05) is 5.32 Å². The summed E-state index contributed by atoms with van der Waals surface area (Å²) < 4.78 is 2.08. The number of carbonyl (C=O) groups excluding carboxylic acids is 1. The van der Waals surface area contributed by atoms with E-state index < -0.39 is 11.9 Å². The van der Waals surface area contributed by atoms with Crippen LogP contribution in [0, 0.1) is 25.2 Å². The summed E-state index contributed by atoms with van der Waals surface area (Å²) in [6.07, 6.45) is 2.52. The molecule has 0 saturated carbocycles. The fourth-order valence-corrected chi connectivity index (χ4v) is 3.44. The summed E-state index contributed by atoms with van der Waals surface area (Å²) in [4.78, 5) is 23.7. The summed E-state index contributed by atoms with van der Waals surface area (Å²) in [5.41, 5.74) is 5.23. The zero-order valence-electron chi connectivity index (χ0n) is 17.6. The van der Waals surface area contributed by atoms with Crippen LogP contribution in [-0.4, -0.2) is 21.6 Å². The maximum absolute atomic E-state index is 12.6. The first-order valence-corrected chi connectivity index (χ1v) is 9.88. The standard InChI is InChI=1S/C25H23N3O3/c1-4-18-8-10-23(11-9-18)28-16(2)12-20(17(28)3)13-21(15-26)24(29)27-22-7-5-6-19(14-22)25(30)31/h5-14H,4H2,1-3H3,(H,27,29)(H,30,31). The fourth-order valence-electron chi connectivity index (χ4n) is 3.44. The highest BCUT2D eigenvalue weighted by atomic mass is 16.4. The van der Waals surface area contributed by atoms with Gasteiger partial charge < -0.3 is 15.0 Å². The molecule has 1 aromatic heterocycles. The van der Waals surface area contributed by atoms with Crippen LogP contribution in [0.25, 0.3) is 11.8 Å².